The van der Waals surface area contributed by atoms with Gasteiger partial charge in [0.1, 0.15) is 17.3 Å². The summed E-state index contributed by atoms with van der Waals surface area (Å²) in [6.45, 7) is -0.300. The first kappa shape index (κ1) is 20.4. The van der Waals surface area contributed by atoms with Gasteiger partial charge in [0.25, 0.3) is 5.91 Å². The first-order chi connectivity index (χ1) is 14.9. The summed E-state index contributed by atoms with van der Waals surface area (Å²) in [7, 11) is 0. The van der Waals surface area contributed by atoms with Gasteiger partial charge in [0.05, 0.1) is 18.5 Å². The quantitative estimate of drug-likeness (QED) is 0.571. The van der Waals surface area contributed by atoms with Crippen molar-refractivity contribution >= 4 is 52.2 Å². The number of aliphatic hydroxyl groups excluding tert-OH is 1. The van der Waals surface area contributed by atoms with Crippen LogP contribution >= 0.6 is 0 Å². The molecule has 7 nitrogen and oxygen atoms in total. The number of benzene rings is 2. The van der Waals surface area contributed by atoms with Gasteiger partial charge >= 0.3 is 0 Å². The first-order valence-corrected chi connectivity index (χ1v) is 9.08. The van der Waals surface area contributed by atoms with Gasteiger partial charge < -0.3 is 15.7 Å². The number of carbonyl (C=O) groups is 2. The van der Waals surface area contributed by atoms with E-state index in [-0.39, 0.29) is 30.0 Å². The molecule has 1 aliphatic heterocycles. The molecular formula is C21H14F3N4O3. The maximum Gasteiger partial charge on any atom is 0.270 e. The standard InChI is InChI=1S/C21H14F3N4O3/c22-10-5-15(23)20(16(24)6-10)28-21-13-8-19(31)25-9-14(13)12-7-11(1-2-17(12)27-21)26-18(30)3-4-29/h1-2,5-9,29H,3-4H2,(H,26,30)(H,27,28). The van der Waals surface area contributed by atoms with Crippen molar-refractivity contribution in [2.45, 2.75) is 6.42 Å². The monoisotopic (exact) mass is 427 g/mol. The SMILES string of the molecule is O=C1C=c2c(Nc3c(F)cc(F)cc3F)nc3ccc(NC(=O)CCO)cc3c2=C[N]1. The molecule has 0 bridgehead atoms. The Kier molecular flexibility index (Phi) is 5.30. The van der Waals surface area contributed by atoms with E-state index >= 15 is 0 Å². The molecule has 2 heterocycles. The Hall–Kier alpha value is -3.92. The largest absolute Gasteiger partial charge is 0.396 e. The fourth-order valence-corrected chi connectivity index (χ4v) is 3.15. The lowest BCUT2D eigenvalue weighted by atomic mass is 10.1. The summed E-state index contributed by atoms with van der Waals surface area (Å²) < 4.78 is 41.5. The van der Waals surface area contributed by atoms with Gasteiger partial charge in [-0.15, -0.1) is 0 Å². The van der Waals surface area contributed by atoms with Crippen LogP contribution < -0.4 is 26.4 Å². The molecule has 1 radical (unpaired) electrons. The number of aliphatic hydroxyl groups is 1. The highest BCUT2D eigenvalue weighted by Crippen LogP contribution is 2.23. The smallest absolute Gasteiger partial charge is 0.270 e. The number of hydrogen-bond acceptors (Lipinski definition) is 5. The zero-order valence-electron chi connectivity index (χ0n) is 15.7. The Morgan fingerprint density at radius 2 is 1.81 bits per heavy atom. The fraction of sp³-hybridized carbons (Fsp3) is 0.0952. The molecule has 0 spiro atoms. The molecule has 0 atom stereocenters. The highest BCUT2D eigenvalue weighted by atomic mass is 19.1. The summed E-state index contributed by atoms with van der Waals surface area (Å²) in [5.74, 6) is -4.40. The lowest BCUT2D eigenvalue weighted by Gasteiger charge is -2.13. The van der Waals surface area contributed by atoms with Gasteiger partial charge in [0.15, 0.2) is 11.6 Å². The average molecular weight is 427 g/mol. The molecule has 0 saturated heterocycles. The predicted octanol–water partition coefficient (Wildman–Crippen LogP) is 1.38. The van der Waals surface area contributed by atoms with E-state index in [0.717, 1.165) is 6.08 Å². The number of fused-ring (bicyclic) bond motifs is 3. The summed E-state index contributed by atoms with van der Waals surface area (Å²) >= 11 is 0. The molecule has 0 aliphatic carbocycles. The van der Waals surface area contributed by atoms with Crippen LogP contribution in [0.5, 0.6) is 0 Å². The van der Waals surface area contributed by atoms with E-state index in [4.69, 9.17) is 5.11 Å². The molecule has 31 heavy (non-hydrogen) atoms. The Labute approximate surface area is 172 Å². The van der Waals surface area contributed by atoms with Crippen molar-refractivity contribution in [3.05, 3.63) is 58.2 Å². The van der Waals surface area contributed by atoms with E-state index in [1.165, 1.54) is 6.20 Å². The highest BCUT2D eigenvalue weighted by Gasteiger charge is 2.17. The molecule has 3 aromatic rings. The van der Waals surface area contributed by atoms with Crippen LogP contribution in [-0.2, 0) is 9.59 Å². The molecule has 1 aliphatic rings. The number of anilines is 3. The van der Waals surface area contributed by atoms with Gasteiger partial charge in [-0.1, -0.05) is 0 Å². The second kappa shape index (κ2) is 8.07. The van der Waals surface area contributed by atoms with E-state index in [0.29, 0.717) is 33.9 Å². The van der Waals surface area contributed by atoms with Crippen LogP contribution in [-0.4, -0.2) is 28.5 Å². The summed E-state index contributed by atoms with van der Waals surface area (Å²) in [4.78, 5) is 27.9. The maximum atomic E-state index is 14.1. The number of carbonyl (C=O) groups excluding carboxylic acids is 2. The van der Waals surface area contributed by atoms with E-state index in [1.54, 1.807) is 18.2 Å². The van der Waals surface area contributed by atoms with Crippen LogP contribution in [0.25, 0.3) is 23.2 Å². The molecule has 0 saturated carbocycles. The van der Waals surface area contributed by atoms with Crippen molar-refractivity contribution in [1.82, 2.24) is 10.3 Å². The zero-order chi connectivity index (χ0) is 22.1. The van der Waals surface area contributed by atoms with Crippen LogP contribution in [0.1, 0.15) is 6.42 Å². The number of pyridine rings is 1. The van der Waals surface area contributed by atoms with Gasteiger partial charge in [-0.3, -0.25) is 9.59 Å². The second-order valence-electron chi connectivity index (χ2n) is 6.65. The van der Waals surface area contributed by atoms with Crippen molar-refractivity contribution in [3.8, 4) is 0 Å². The van der Waals surface area contributed by atoms with Gasteiger partial charge in [-0.25, -0.2) is 23.5 Å². The highest BCUT2D eigenvalue weighted by molar-refractivity contribution is 6.08. The predicted molar refractivity (Wildman–Crippen MR) is 107 cm³/mol. The number of nitrogens with one attached hydrogen (secondary N) is 2. The van der Waals surface area contributed by atoms with Crippen molar-refractivity contribution in [2.24, 2.45) is 0 Å². The summed E-state index contributed by atoms with van der Waals surface area (Å²) in [5, 5.41) is 18.9. The van der Waals surface area contributed by atoms with E-state index in [1.807, 2.05) is 0 Å². The maximum absolute atomic E-state index is 14.1. The molecule has 2 aromatic carbocycles. The number of hydrogen-bond donors (Lipinski definition) is 3. The molecule has 1 aromatic heterocycles. The van der Waals surface area contributed by atoms with Gasteiger partial charge in [-0.2, -0.15) is 0 Å². The number of amides is 2. The normalized spacial score (nSPS) is 12.5. The molecular weight excluding hydrogens is 413 g/mol. The summed E-state index contributed by atoms with van der Waals surface area (Å²) in [6, 6.07) is 5.79. The van der Waals surface area contributed by atoms with Crippen LogP contribution in [0.2, 0.25) is 0 Å². The molecule has 10 heteroatoms. The molecule has 0 unspecified atom stereocenters. The van der Waals surface area contributed by atoms with Crippen LogP contribution in [0.15, 0.2) is 30.3 Å². The lowest BCUT2D eigenvalue weighted by molar-refractivity contribution is -0.117. The minimum atomic E-state index is -1.16. The second-order valence-corrected chi connectivity index (χ2v) is 6.65. The molecule has 2 amide bonds. The number of aromatic nitrogens is 1. The van der Waals surface area contributed by atoms with Gasteiger partial charge in [0, 0.05) is 45.9 Å². The van der Waals surface area contributed by atoms with Crippen molar-refractivity contribution in [1.29, 1.82) is 0 Å². The third-order valence-corrected chi connectivity index (χ3v) is 4.53. The minimum absolute atomic E-state index is 0.0246. The Bertz CT molecular complexity index is 1340. The number of halogens is 3. The first-order valence-electron chi connectivity index (χ1n) is 9.08. The number of nitrogens with zero attached hydrogens (tertiary/aromatic N) is 2. The molecule has 3 N–H and O–H groups in total. The van der Waals surface area contributed by atoms with Crippen molar-refractivity contribution < 1.29 is 27.9 Å². The van der Waals surface area contributed by atoms with Crippen molar-refractivity contribution in [3.63, 3.8) is 0 Å². The van der Waals surface area contributed by atoms with Crippen LogP contribution in [0, 0.1) is 17.5 Å². The fourth-order valence-electron chi connectivity index (χ4n) is 3.15. The lowest BCUT2D eigenvalue weighted by Crippen LogP contribution is -2.36. The molecule has 0 fully saturated rings. The van der Waals surface area contributed by atoms with Crippen LogP contribution in [0.3, 0.4) is 0 Å². The van der Waals surface area contributed by atoms with E-state index in [2.05, 4.69) is 20.9 Å². The Balaban J connectivity index is 1.87. The summed E-state index contributed by atoms with van der Waals surface area (Å²) in [6.07, 6.45) is 2.37. The van der Waals surface area contributed by atoms with E-state index < -0.39 is 29.0 Å². The van der Waals surface area contributed by atoms with Gasteiger partial charge in [0.2, 0.25) is 5.91 Å². The minimum Gasteiger partial charge on any atom is -0.396 e. The van der Waals surface area contributed by atoms with Crippen molar-refractivity contribution in [2.75, 3.05) is 17.2 Å². The van der Waals surface area contributed by atoms with Crippen LogP contribution in [0.4, 0.5) is 30.4 Å². The number of rotatable bonds is 5. The topological polar surface area (TPSA) is 105 Å². The third kappa shape index (κ3) is 4.05. The third-order valence-electron chi connectivity index (χ3n) is 4.53. The Morgan fingerprint density at radius 1 is 1.06 bits per heavy atom. The van der Waals surface area contributed by atoms with Gasteiger partial charge in [-0.05, 0) is 18.2 Å². The zero-order valence-corrected chi connectivity index (χ0v) is 15.7. The molecule has 4 rings (SSSR count). The Morgan fingerprint density at radius 3 is 2.52 bits per heavy atom. The average Bonchev–Trinajstić information content (AvgIpc) is 2.71. The molecule has 157 valence electrons. The summed E-state index contributed by atoms with van der Waals surface area (Å²) in [5.41, 5.74) is 0.196. The van der Waals surface area contributed by atoms with E-state index in [9.17, 15) is 22.8 Å².